The smallest absolute Gasteiger partial charge is 0.230 e. The average Bonchev–Trinajstić information content (AvgIpc) is 3.07. The van der Waals surface area contributed by atoms with E-state index in [1.54, 1.807) is 23.1 Å². The number of hydrogen-bond donors (Lipinski definition) is 1. The summed E-state index contributed by atoms with van der Waals surface area (Å²) < 4.78 is 2.72. The van der Waals surface area contributed by atoms with Crippen LogP contribution in [0.15, 0.2) is 18.3 Å². The Hall–Kier alpha value is -0.980. The molecule has 2 aromatic rings. The number of fused-ring (bicyclic) bond motifs is 1. The molecule has 1 aliphatic carbocycles. The number of nitrogens with one attached hydrogen (secondary N) is 1. The first-order chi connectivity index (χ1) is 10.6. The third-order valence-electron chi connectivity index (χ3n) is 3.82. The molecular formula is C15H18ClN3OS2. The second-order valence-electron chi connectivity index (χ2n) is 5.38. The fourth-order valence-corrected chi connectivity index (χ4v) is 4.80. The number of aromatic nitrogens is 2. The van der Waals surface area contributed by atoms with Crippen molar-refractivity contribution in [1.29, 1.82) is 0 Å². The largest absolute Gasteiger partial charge is 0.348 e. The van der Waals surface area contributed by atoms with Crippen LogP contribution in [0, 0.1) is 0 Å². The topological polar surface area (TPSA) is 46.9 Å². The summed E-state index contributed by atoms with van der Waals surface area (Å²) >= 11 is 9.09. The zero-order chi connectivity index (χ0) is 15.5. The Morgan fingerprint density at radius 1 is 1.59 bits per heavy atom. The molecule has 2 heterocycles. The van der Waals surface area contributed by atoms with Gasteiger partial charge in [-0.1, -0.05) is 11.6 Å². The Morgan fingerprint density at radius 3 is 3.23 bits per heavy atom. The predicted molar refractivity (Wildman–Crippen MR) is 92.5 cm³/mol. The molecule has 118 valence electrons. The van der Waals surface area contributed by atoms with Gasteiger partial charge in [0.15, 0.2) is 0 Å². The first kappa shape index (κ1) is 15.9. The van der Waals surface area contributed by atoms with Crippen molar-refractivity contribution in [3.8, 4) is 0 Å². The normalized spacial score (nSPS) is 17.3. The lowest BCUT2D eigenvalue weighted by Gasteiger charge is -2.23. The number of carbonyl (C=O) groups is 1. The van der Waals surface area contributed by atoms with E-state index < -0.39 is 0 Å². The molecule has 1 N–H and O–H groups in total. The van der Waals surface area contributed by atoms with Gasteiger partial charge in [0.2, 0.25) is 5.91 Å². The number of aryl methyl sites for hydroxylation is 1. The highest BCUT2D eigenvalue weighted by atomic mass is 35.5. The van der Waals surface area contributed by atoms with Crippen LogP contribution in [-0.4, -0.2) is 21.4 Å². The van der Waals surface area contributed by atoms with Crippen molar-refractivity contribution in [3.63, 3.8) is 0 Å². The summed E-state index contributed by atoms with van der Waals surface area (Å²) in [5, 5.41) is 7.45. The van der Waals surface area contributed by atoms with Gasteiger partial charge in [0.25, 0.3) is 0 Å². The van der Waals surface area contributed by atoms with E-state index in [2.05, 4.69) is 10.4 Å². The van der Waals surface area contributed by atoms with Gasteiger partial charge in [0, 0.05) is 28.9 Å². The van der Waals surface area contributed by atoms with Crippen molar-refractivity contribution in [3.05, 3.63) is 38.8 Å². The highest BCUT2D eigenvalue weighted by molar-refractivity contribution is 7.99. The van der Waals surface area contributed by atoms with E-state index in [1.807, 2.05) is 30.1 Å². The molecule has 2 aromatic heterocycles. The Bertz CT molecular complexity index is 668. The first-order valence-corrected chi connectivity index (χ1v) is 9.60. The number of amides is 1. The van der Waals surface area contributed by atoms with Crippen molar-refractivity contribution in [2.75, 3.05) is 5.75 Å². The fraction of sp³-hybridized carbons (Fsp3) is 0.467. The van der Waals surface area contributed by atoms with Gasteiger partial charge in [-0.05, 0) is 31.4 Å². The lowest BCUT2D eigenvalue weighted by molar-refractivity contribution is -0.119. The van der Waals surface area contributed by atoms with Gasteiger partial charge in [0.05, 0.1) is 22.3 Å². The maximum absolute atomic E-state index is 12.1. The SMILES string of the molecule is Cn1ncc2c1CCCC2NC(=O)CSCc1ccc(Cl)s1. The van der Waals surface area contributed by atoms with Crippen molar-refractivity contribution >= 4 is 40.6 Å². The molecule has 1 aliphatic rings. The number of nitrogens with zero attached hydrogens (tertiary/aromatic N) is 2. The number of thioether (sulfide) groups is 1. The fourth-order valence-electron chi connectivity index (χ4n) is 2.77. The van der Waals surface area contributed by atoms with Crippen molar-refractivity contribution in [2.45, 2.75) is 31.1 Å². The highest BCUT2D eigenvalue weighted by Crippen LogP contribution is 2.29. The Balaban J connectivity index is 1.50. The van der Waals surface area contributed by atoms with Crippen LogP contribution < -0.4 is 5.32 Å². The van der Waals surface area contributed by atoms with E-state index in [-0.39, 0.29) is 11.9 Å². The van der Waals surface area contributed by atoms with Crippen molar-refractivity contribution < 1.29 is 4.79 Å². The predicted octanol–water partition coefficient (Wildman–Crippen LogP) is 3.56. The molecule has 0 bridgehead atoms. The van der Waals surface area contributed by atoms with Crippen molar-refractivity contribution in [1.82, 2.24) is 15.1 Å². The number of thiophene rings is 1. The Labute approximate surface area is 143 Å². The lowest BCUT2D eigenvalue weighted by atomic mass is 9.93. The minimum absolute atomic E-state index is 0.0920. The summed E-state index contributed by atoms with van der Waals surface area (Å²) in [7, 11) is 1.96. The second-order valence-corrected chi connectivity index (χ2v) is 8.17. The van der Waals surface area contributed by atoms with Gasteiger partial charge in [0.1, 0.15) is 0 Å². The molecule has 1 amide bonds. The zero-order valence-electron chi connectivity index (χ0n) is 12.3. The molecule has 22 heavy (non-hydrogen) atoms. The molecule has 0 saturated heterocycles. The summed E-state index contributed by atoms with van der Waals surface area (Å²) in [6.07, 6.45) is 5.03. The summed E-state index contributed by atoms with van der Waals surface area (Å²) in [4.78, 5) is 13.3. The maximum Gasteiger partial charge on any atom is 0.230 e. The number of carbonyl (C=O) groups excluding carboxylic acids is 1. The monoisotopic (exact) mass is 355 g/mol. The maximum atomic E-state index is 12.1. The van der Waals surface area contributed by atoms with E-state index >= 15 is 0 Å². The first-order valence-electron chi connectivity index (χ1n) is 7.25. The van der Waals surface area contributed by atoms with Crippen LogP contribution in [0.2, 0.25) is 4.34 Å². The third kappa shape index (κ3) is 3.67. The molecule has 0 spiro atoms. The Kier molecular flexibility index (Phi) is 5.10. The van der Waals surface area contributed by atoms with Crippen LogP contribution >= 0.6 is 34.7 Å². The van der Waals surface area contributed by atoms with Gasteiger partial charge in [-0.25, -0.2) is 0 Å². The van der Waals surface area contributed by atoms with Gasteiger partial charge in [-0.15, -0.1) is 23.1 Å². The molecule has 0 fully saturated rings. The summed E-state index contributed by atoms with van der Waals surface area (Å²) in [5.74, 6) is 1.39. The van der Waals surface area contributed by atoms with E-state index in [0.717, 1.165) is 29.4 Å². The standard InChI is InChI=1S/C15H18ClN3OS2/c1-19-13-4-2-3-12(11(13)7-17-19)18-15(20)9-21-8-10-5-6-14(16)22-10/h5-7,12H,2-4,8-9H2,1H3,(H,18,20). The molecular weight excluding hydrogens is 338 g/mol. The molecule has 4 nitrogen and oxygen atoms in total. The van der Waals surface area contributed by atoms with Crippen LogP contribution in [0.25, 0.3) is 0 Å². The molecule has 0 aliphatic heterocycles. The molecule has 1 atom stereocenters. The molecule has 0 aromatic carbocycles. The average molecular weight is 356 g/mol. The van der Waals surface area contributed by atoms with E-state index in [0.29, 0.717) is 5.75 Å². The third-order valence-corrected chi connectivity index (χ3v) is 6.21. The zero-order valence-corrected chi connectivity index (χ0v) is 14.7. The van der Waals surface area contributed by atoms with Crippen LogP contribution in [0.5, 0.6) is 0 Å². The van der Waals surface area contributed by atoms with Crippen molar-refractivity contribution in [2.24, 2.45) is 7.05 Å². The minimum Gasteiger partial charge on any atom is -0.348 e. The Morgan fingerprint density at radius 2 is 2.45 bits per heavy atom. The summed E-state index contributed by atoms with van der Waals surface area (Å²) in [6.45, 7) is 0. The van der Waals surface area contributed by atoms with Gasteiger partial charge in [-0.3, -0.25) is 9.48 Å². The second kappa shape index (κ2) is 7.06. The molecule has 1 unspecified atom stereocenters. The summed E-state index contributed by atoms with van der Waals surface area (Å²) in [5.41, 5.74) is 2.43. The van der Waals surface area contributed by atoms with Crippen LogP contribution in [0.4, 0.5) is 0 Å². The van der Waals surface area contributed by atoms with Gasteiger partial charge in [-0.2, -0.15) is 5.10 Å². The van der Waals surface area contributed by atoms with Crippen LogP contribution in [0.3, 0.4) is 0 Å². The number of halogens is 1. The van der Waals surface area contributed by atoms with E-state index in [1.165, 1.54) is 16.1 Å². The quantitative estimate of drug-likeness (QED) is 0.892. The number of rotatable bonds is 5. The molecule has 0 radical (unpaired) electrons. The molecule has 7 heteroatoms. The molecule has 0 saturated carbocycles. The van der Waals surface area contributed by atoms with Gasteiger partial charge < -0.3 is 5.32 Å². The lowest BCUT2D eigenvalue weighted by Crippen LogP contribution is -2.32. The van der Waals surface area contributed by atoms with Crippen LogP contribution in [0.1, 0.15) is 35.0 Å². The highest BCUT2D eigenvalue weighted by Gasteiger charge is 2.24. The van der Waals surface area contributed by atoms with Gasteiger partial charge >= 0.3 is 0 Å². The summed E-state index contributed by atoms with van der Waals surface area (Å²) in [6, 6.07) is 4.02. The van der Waals surface area contributed by atoms with E-state index in [9.17, 15) is 4.79 Å². The van der Waals surface area contributed by atoms with Crippen LogP contribution in [-0.2, 0) is 24.0 Å². The van der Waals surface area contributed by atoms with E-state index in [4.69, 9.17) is 11.6 Å². The number of hydrogen-bond acceptors (Lipinski definition) is 4. The minimum atomic E-state index is 0.0920. The molecule has 3 rings (SSSR count).